The summed E-state index contributed by atoms with van der Waals surface area (Å²) < 4.78 is 23.3. The summed E-state index contributed by atoms with van der Waals surface area (Å²) >= 11 is 1.64. The molecule has 0 bridgehead atoms. The zero-order valence-electron chi connectivity index (χ0n) is 9.97. The average molecular weight is 265 g/mol. The van der Waals surface area contributed by atoms with Crippen molar-refractivity contribution in [3.63, 3.8) is 0 Å². The second-order valence-electron chi connectivity index (χ2n) is 4.09. The average Bonchev–Trinajstić information content (AvgIpc) is 2.26. The second kappa shape index (κ2) is 5.51. The molecule has 1 aliphatic rings. The highest BCUT2D eigenvalue weighted by Crippen LogP contribution is 2.23. The van der Waals surface area contributed by atoms with E-state index < -0.39 is 15.2 Å². The molecule has 1 aliphatic heterocycles. The fourth-order valence-corrected chi connectivity index (χ4v) is 4.84. The predicted octanol–water partition coefficient (Wildman–Crippen LogP) is 0.774. The Morgan fingerprint density at radius 2 is 2.19 bits per heavy atom. The molecular formula is C10H19NO3S2. The molecule has 0 aromatic rings. The van der Waals surface area contributed by atoms with Gasteiger partial charge in [0.15, 0.2) is 9.84 Å². The SMILES string of the molecule is CCC(=O)C(C)N1CCSCC1S(C)(=O)=O. The van der Waals surface area contributed by atoms with Gasteiger partial charge in [0.1, 0.15) is 11.2 Å². The van der Waals surface area contributed by atoms with Crippen LogP contribution in [0.15, 0.2) is 0 Å². The maximum Gasteiger partial charge on any atom is 0.164 e. The fraction of sp³-hybridized carbons (Fsp3) is 0.900. The van der Waals surface area contributed by atoms with Crippen LogP contribution in [0.2, 0.25) is 0 Å². The summed E-state index contributed by atoms with van der Waals surface area (Å²) in [7, 11) is -3.11. The standard InChI is InChI=1S/C10H19NO3S2/c1-4-9(12)8(2)11-5-6-15-7-10(11)16(3,13)14/h8,10H,4-7H2,1-3H3. The molecule has 0 aromatic carbocycles. The molecule has 94 valence electrons. The van der Waals surface area contributed by atoms with Gasteiger partial charge in [0.2, 0.25) is 0 Å². The summed E-state index contributed by atoms with van der Waals surface area (Å²) in [5, 5.41) is -0.503. The van der Waals surface area contributed by atoms with Gasteiger partial charge in [-0.3, -0.25) is 9.69 Å². The van der Waals surface area contributed by atoms with E-state index in [1.165, 1.54) is 6.26 Å². The van der Waals surface area contributed by atoms with E-state index in [4.69, 9.17) is 0 Å². The third-order valence-electron chi connectivity index (χ3n) is 2.93. The van der Waals surface area contributed by atoms with Crippen LogP contribution in [0.5, 0.6) is 0 Å². The number of sulfone groups is 1. The van der Waals surface area contributed by atoms with Crippen LogP contribution in [0.3, 0.4) is 0 Å². The summed E-state index contributed by atoms with van der Waals surface area (Å²) in [4.78, 5) is 13.5. The van der Waals surface area contributed by atoms with Crippen LogP contribution in [0, 0.1) is 0 Å². The first-order valence-electron chi connectivity index (χ1n) is 5.43. The molecule has 0 spiro atoms. The summed E-state index contributed by atoms with van der Waals surface area (Å²) in [6.45, 7) is 4.29. The van der Waals surface area contributed by atoms with Crippen LogP contribution in [-0.2, 0) is 14.6 Å². The van der Waals surface area contributed by atoms with Crippen LogP contribution in [0.25, 0.3) is 0 Å². The van der Waals surface area contributed by atoms with Crippen molar-refractivity contribution in [1.82, 2.24) is 4.90 Å². The van der Waals surface area contributed by atoms with Gasteiger partial charge in [-0.2, -0.15) is 11.8 Å². The van der Waals surface area contributed by atoms with E-state index in [1.807, 2.05) is 11.8 Å². The minimum atomic E-state index is -3.11. The summed E-state index contributed by atoms with van der Waals surface area (Å²) in [5.74, 6) is 1.58. The highest BCUT2D eigenvalue weighted by molar-refractivity contribution is 8.00. The number of hydrogen-bond donors (Lipinski definition) is 0. The van der Waals surface area contributed by atoms with Gasteiger partial charge < -0.3 is 0 Å². The van der Waals surface area contributed by atoms with Crippen molar-refractivity contribution in [1.29, 1.82) is 0 Å². The van der Waals surface area contributed by atoms with E-state index in [1.54, 1.807) is 18.7 Å². The van der Waals surface area contributed by atoms with Crippen molar-refractivity contribution in [2.24, 2.45) is 0 Å². The fourth-order valence-electron chi connectivity index (χ4n) is 1.89. The van der Waals surface area contributed by atoms with Gasteiger partial charge in [0, 0.05) is 30.7 Å². The number of carbonyl (C=O) groups excluding carboxylic acids is 1. The van der Waals surface area contributed by atoms with Crippen molar-refractivity contribution >= 4 is 27.4 Å². The minimum absolute atomic E-state index is 0.112. The predicted molar refractivity (Wildman–Crippen MR) is 67.4 cm³/mol. The monoisotopic (exact) mass is 265 g/mol. The first-order valence-corrected chi connectivity index (χ1v) is 8.54. The Balaban J connectivity index is 2.86. The van der Waals surface area contributed by atoms with Gasteiger partial charge in [-0.25, -0.2) is 8.42 Å². The molecule has 6 heteroatoms. The lowest BCUT2D eigenvalue weighted by Gasteiger charge is -2.37. The van der Waals surface area contributed by atoms with Gasteiger partial charge in [0.05, 0.1) is 6.04 Å². The van der Waals surface area contributed by atoms with Crippen LogP contribution >= 0.6 is 11.8 Å². The largest absolute Gasteiger partial charge is 0.298 e. The third-order valence-corrected chi connectivity index (χ3v) is 5.59. The van der Waals surface area contributed by atoms with Crippen molar-refractivity contribution in [3.8, 4) is 0 Å². The molecule has 0 saturated carbocycles. The Labute approximate surface area is 102 Å². The van der Waals surface area contributed by atoms with E-state index in [9.17, 15) is 13.2 Å². The molecule has 1 saturated heterocycles. The highest BCUT2D eigenvalue weighted by Gasteiger charge is 2.35. The quantitative estimate of drug-likeness (QED) is 0.751. The third kappa shape index (κ3) is 3.21. The number of carbonyl (C=O) groups is 1. The molecule has 1 heterocycles. The molecule has 1 rings (SSSR count). The lowest BCUT2D eigenvalue weighted by molar-refractivity contribution is -0.123. The zero-order chi connectivity index (χ0) is 12.3. The second-order valence-corrected chi connectivity index (χ2v) is 7.45. The number of hydrogen-bond acceptors (Lipinski definition) is 5. The molecule has 2 atom stereocenters. The number of ketones is 1. The number of Topliss-reactive ketones (excluding diaryl/α,β-unsaturated/α-hetero) is 1. The van der Waals surface area contributed by atoms with Gasteiger partial charge in [-0.1, -0.05) is 6.92 Å². The van der Waals surface area contributed by atoms with E-state index in [0.717, 1.165) is 5.75 Å². The normalized spacial score (nSPS) is 25.3. The summed E-state index contributed by atoms with van der Waals surface area (Å²) in [6.07, 6.45) is 1.71. The number of nitrogens with zero attached hydrogens (tertiary/aromatic N) is 1. The van der Waals surface area contributed by atoms with Crippen LogP contribution in [0.1, 0.15) is 20.3 Å². The zero-order valence-corrected chi connectivity index (χ0v) is 11.6. The van der Waals surface area contributed by atoms with Crippen molar-refractivity contribution in [2.45, 2.75) is 31.7 Å². The van der Waals surface area contributed by atoms with E-state index in [-0.39, 0.29) is 11.8 Å². The van der Waals surface area contributed by atoms with Crippen LogP contribution in [0.4, 0.5) is 0 Å². The van der Waals surface area contributed by atoms with E-state index in [2.05, 4.69) is 0 Å². The Hall–Kier alpha value is -0.0700. The van der Waals surface area contributed by atoms with E-state index >= 15 is 0 Å². The molecule has 0 aromatic heterocycles. The molecule has 1 fully saturated rings. The van der Waals surface area contributed by atoms with Gasteiger partial charge in [0.25, 0.3) is 0 Å². The molecular weight excluding hydrogens is 246 g/mol. The lowest BCUT2D eigenvalue weighted by Crippen LogP contribution is -2.53. The first kappa shape index (κ1) is 14.0. The lowest BCUT2D eigenvalue weighted by atomic mass is 10.1. The smallest absolute Gasteiger partial charge is 0.164 e. The van der Waals surface area contributed by atoms with Gasteiger partial charge >= 0.3 is 0 Å². The molecule has 0 radical (unpaired) electrons. The number of thioether (sulfide) groups is 1. The van der Waals surface area contributed by atoms with Crippen LogP contribution in [-0.4, -0.2) is 54.8 Å². The minimum Gasteiger partial charge on any atom is -0.298 e. The topological polar surface area (TPSA) is 54.5 Å². The van der Waals surface area contributed by atoms with Crippen molar-refractivity contribution < 1.29 is 13.2 Å². The first-order chi connectivity index (χ1) is 7.38. The van der Waals surface area contributed by atoms with Gasteiger partial charge in [-0.05, 0) is 6.92 Å². The molecule has 0 aliphatic carbocycles. The van der Waals surface area contributed by atoms with Crippen molar-refractivity contribution in [3.05, 3.63) is 0 Å². The summed E-state index contributed by atoms with van der Waals surface area (Å²) in [5.41, 5.74) is 0. The molecule has 4 nitrogen and oxygen atoms in total. The van der Waals surface area contributed by atoms with Gasteiger partial charge in [-0.15, -0.1) is 0 Å². The van der Waals surface area contributed by atoms with E-state index in [0.29, 0.717) is 18.7 Å². The molecule has 16 heavy (non-hydrogen) atoms. The Bertz CT molecular complexity index is 353. The van der Waals surface area contributed by atoms with Crippen LogP contribution < -0.4 is 0 Å². The Morgan fingerprint density at radius 3 is 2.69 bits per heavy atom. The van der Waals surface area contributed by atoms with Crippen molar-refractivity contribution in [2.75, 3.05) is 24.3 Å². The highest BCUT2D eigenvalue weighted by atomic mass is 32.2. The maximum atomic E-state index is 11.6. The molecule has 2 unspecified atom stereocenters. The maximum absolute atomic E-state index is 11.6. The molecule has 0 N–H and O–H groups in total. The number of rotatable bonds is 4. The molecule has 0 amide bonds. The Kier molecular flexibility index (Phi) is 4.82. The Morgan fingerprint density at radius 1 is 1.56 bits per heavy atom. The summed E-state index contributed by atoms with van der Waals surface area (Å²) in [6, 6.07) is -0.286.